The molecule has 6 fully saturated rings. The number of aryl methyl sites for hydroxylation is 1. The number of benzene rings is 13. The third kappa shape index (κ3) is 21.0. The van der Waals surface area contributed by atoms with E-state index in [1.807, 2.05) is 202 Å². The zero-order chi connectivity index (χ0) is 98.3. The number of nitrogens with zero attached hydrogens (tertiary/aromatic N) is 24. The van der Waals surface area contributed by atoms with Crippen molar-refractivity contribution in [2.24, 2.45) is 34.5 Å². The standard InChI is InChI=1S/C16H26N.C14H10N3.4C13H8N3.C10H13N2.2C9H11N2.C8H15N2O.5Au/c1-15(2)9-16(10-17(15)3)13-5-11-4-12(7-13)8-14(16)6-11;1-9-6-7-11-13(8-9)17-12-5-3-2-4-10(12)15-14(17)16-11;4*1-3-7-11-9(5-1)14-13-15-10-6-2-4-8-12(10)16(11)13;1-11-7-9-5-3-4-6-10(9)12(2)8-11;2*1-10-7-11(2)9-6-4-3-5-8(9)10;1-8(2)5-9(3)6-10(4)7(8)11;;;;;/h10-14H,4-9H2,1-3H3;2-8H,1H3;4*1-8H;3-6,8H,7H2,1-2H3;2*3-7H,1-2H3;6H,5H2,1-4H3;;;;;/q10*-1;;;;;. The van der Waals surface area contributed by atoms with Gasteiger partial charge in [0.05, 0.1) is 5.41 Å². The zero-order valence-electron chi connectivity index (χ0n) is 84.9. The van der Waals surface area contributed by atoms with Crippen molar-refractivity contribution in [2.75, 3.05) is 94.5 Å². The second-order valence-electron chi connectivity index (χ2n) is 40.6. The Hall–Kier alpha value is -11.7. The molecule has 25 nitrogen and oxygen atoms in total. The quantitative estimate of drug-likeness (QED) is 0.102. The first-order valence-electron chi connectivity index (χ1n) is 49.4. The Morgan fingerprint density at radius 1 is 0.297 bits per heavy atom. The second-order valence-corrected chi connectivity index (χ2v) is 40.6. The summed E-state index contributed by atoms with van der Waals surface area (Å²) in [5.41, 5.74) is 31.0. The van der Waals surface area contributed by atoms with Gasteiger partial charge in [0.15, 0.2) is 0 Å². The van der Waals surface area contributed by atoms with Crippen molar-refractivity contribution in [3.05, 3.63) is 354 Å². The monoisotopic (exact) mass is 2870 g/mol. The average Bonchev–Trinajstić information content (AvgIpc) is 1.49. The number of imidazole rings is 10. The minimum Gasteiger partial charge on any atom is -0.511 e. The number of para-hydroxylation sites is 23. The number of hydrogen-bond donors (Lipinski definition) is 0. The van der Waals surface area contributed by atoms with Crippen LogP contribution in [0.2, 0.25) is 0 Å². The van der Waals surface area contributed by atoms with E-state index in [-0.39, 0.29) is 123 Å². The van der Waals surface area contributed by atoms with E-state index in [4.69, 9.17) is 0 Å². The summed E-state index contributed by atoms with van der Waals surface area (Å²) in [5, 5.41) is 0. The molecule has 9 aliphatic rings. The molecule has 4 bridgehead atoms. The Morgan fingerprint density at radius 2 is 0.574 bits per heavy atom. The molecule has 4 saturated carbocycles. The fourth-order valence-electron chi connectivity index (χ4n) is 23.2. The molecule has 1 spiro atoms. The summed E-state index contributed by atoms with van der Waals surface area (Å²) in [7, 11) is 18.5. The molecule has 15 heterocycles. The van der Waals surface area contributed by atoms with Gasteiger partial charge in [0.2, 0.25) is 5.91 Å². The summed E-state index contributed by atoms with van der Waals surface area (Å²) >= 11 is 0. The number of aromatic nitrogens is 15. The van der Waals surface area contributed by atoms with E-state index in [0.29, 0.717) is 11.0 Å². The fraction of sp³-hybridized carbons (Fsp3) is 0.246. The van der Waals surface area contributed by atoms with E-state index in [0.717, 1.165) is 176 Å². The summed E-state index contributed by atoms with van der Waals surface area (Å²) in [5.74, 6) is 8.36. The third-order valence-corrected chi connectivity index (χ3v) is 29.5. The molecule has 10 aromatic heterocycles. The Bertz CT molecular complexity index is 7650. The van der Waals surface area contributed by atoms with Crippen LogP contribution in [0.25, 0.3) is 139 Å². The largest absolute Gasteiger partial charge is 0.511 e. The molecule has 0 N–H and O–H groups in total. The molecule has 0 atom stereocenters. The Kier molecular flexibility index (Phi) is 32.6. The molecular weight excluding hydrogens is 2750 g/mol. The van der Waals surface area contributed by atoms with E-state index >= 15 is 0 Å². The van der Waals surface area contributed by atoms with Crippen LogP contribution >= 0.6 is 0 Å². The topological polar surface area (TPSA) is 203 Å². The zero-order valence-corrected chi connectivity index (χ0v) is 95.8. The van der Waals surface area contributed by atoms with Crippen LogP contribution < -0.4 is 49.4 Å². The van der Waals surface area contributed by atoms with Gasteiger partial charge in [0, 0.05) is 280 Å². The van der Waals surface area contributed by atoms with Crippen LogP contribution in [0.1, 0.15) is 77.3 Å². The van der Waals surface area contributed by atoms with Gasteiger partial charge in [0.25, 0.3) is 0 Å². The molecule has 2 saturated heterocycles. The molecular formula is C118H118Au5N24O-10. The normalized spacial score (nSPS) is 18.5. The maximum absolute atomic E-state index is 11.5. The van der Waals surface area contributed by atoms with Crippen molar-refractivity contribution in [1.82, 2.24) is 91.4 Å². The number of hydrogen-bond acceptors (Lipinski definition) is 14. The molecule has 4 aliphatic carbocycles. The predicted molar refractivity (Wildman–Crippen MR) is 582 cm³/mol. The van der Waals surface area contributed by atoms with Crippen LogP contribution in [0.15, 0.2) is 309 Å². The first-order valence-corrected chi connectivity index (χ1v) is 49.4. The number of carbonyl (C=O) groups excluding carboxylic acids is 1. The second kappa shape index (κ2) is 44.8. The molecule has 0 unspecified atom stereocenters. The van der Waals surface area contributed by atoms with Crippen LogP contribution in [-0.4, -0.2) is 148 Å². The summed E-state index contributed by atoms with van der Waals surface area (Å²) in [4.78, 5) is 75.6. The van der Waals surface area contributed by atoms with Gasteiger partial charge in [0.1, 0.15) is 0 Å². The summed E-state index contributed by atoms with van der Waals surface area (Å²) in [6.07, 6.45) is 9.19. The van der Waals surface area contributed by atoms with Gasteiger partial charge in [-0.2, -0.15) is 26.7 Å². The van der Waals surface area contributed by atoms with E-state index in [2.05, 4.69) is 342 Å². The van der Waals surface area contributed by atoms with Gasteiger partial charge in [-0.15, -0.1) is 5.41 Å². The number of rotatable bonds is 0. The number of amides is 1. The van der Waals surface area contributed by atoms with Gasteiger partial charge in [-0.3, -0.25) is 11.3 Å². The maximum atomic E-state index is 11.5. The van der Waals surface area contributed by atoms with E-state index in [1.165, 1.54) is 46.0 Å². The fourth-order valence-corrected chi connectivity index (χ4v) is 23.2. The van der Waals surface area contributed by atoms with Crippen LogP contribution in [0.5, 0.6) is 0 Å². The third-order valence-electron chi connectivity index (χ3n) is 29.5. The van der Waals surface area contributed by atoms with Gasteiger partial charge in [-0.05, 0) is 203 Å². The Morgan fingerprint density at radius 3 is 0.899 bits per heavy atom. The number of likely N-dealkylation sites (tertiary alicyclic amines) is 1. The molecule has 32 rings (SSSR count). The van der Waals surface area contributed by atoms with E-state index in [9.17, 15) is 4.79 Å². The van der Waals surface area contributed by atoms with Crippen molar-refractivity contribution in [2.45, 2.75) is 85.2 Å². The van der Waals surface area contributed by atoms with Crippen molar-refractivity contribution < 1.29 is 117 Å². The van der Waals surface area contributed by atoms with Crippen LogP contribution in [0, 0.1) is 74.6 Å². The van der Waals surface area contributed by atoms with E-state index < -0.39 is 0 Å². The van der Waals surface area contributed by atoms with Gasteiger partial charge < -0.3 is 116 Å². The summed E-state index contributed by atoms with van der Waals surface area (Å²) in [6.45, 7) is 23.5. The summed E-state index contributed by atoms with van der Waals surface area (Å²) < 4.78 is 10.5. The Labute approximate surface area is 940 Å². The maximum Gasteiger partial charge on any atom is 0.201 e. The SMILES string of the molecule is CN1[CH-]C2(CC1(C)C)C1CC3CC(C1)CC2C3.CN1[CH-]N(C)C(=O)C(C)(C)C1.CN1[CH-]N(C)c2ccccc21.CN1[CH-]N(C)c2ccccc21.CN1[CH-]N(C)c2ccccc2C1.Cc1ccc2[n-]c3nc4ccccc4n3c2c1.[Au].[Au].[Au].[Au].[Au].c1ccc2c(c1)nc1[n-]c3ccccc3n12.c1ccc2c(c1)nc1[n-]c3ccccc3n12.c1ccc2c(c1)nc1[n-]c3ccccc3n12.c1ccc2c(c1)nc1[n-]c3ccccc3n12. The van der Waals surface area contributed by atoms with Gasteiger partial charge in [-0.1, -0.05) is 297 Å². The smallest absolute Gasteiger partial charge is 0.201 e. The van der Waals surface area contributed by atoms with E-state index in [1.54, 1.807) is 44.1 Å². The molecule has 13 aromatic carbocycles. The average molecular weight is 2870 g/mol. The molecule has 148 heavy (non-hydrogen) atoms. The predicted octanol–water partition coefficient (Wildman–Crippen LogP) is 22.6. The number of fused-ring (bicyclic) bond motifs is 28. The van der Waals surface area contributed by atoms with Crippen molar-refractivity contribution in [3.63, 3.8) is 0 Å². The van der Waals surface area contributed by atoms with Crippen LogP contribution in [-0.2, 0) is 123 Å². The molecule has 5 radical (unpaired) electrons. The first-order chi connectivity index (χ1) is 69.3. The molecule has 30 heteroatoms. The number of anilines is 5. The van der Waals surface area contributed by atoms with Crippen molar-refractivity contribution >= 4 is 174 Å². The number of carbonyl (C=O) groups is 1. The molecule has 23 aromatic rings. The van der Waals surface area contributed by atoms with Crippen LogP contribution in [0.4, 0.5) is 28.4 Å². The molecule has 781 valence electrons. The first kappa shape index (κ1) is 108. The Balaban J connectivity index is 0.000000112. The summed E-state index contributed by atoms with van der Waals surface area (Å²) in [6, 6.07) is 104. The van der Waals surface area contributed by atoms with Crippen molar-refractivity contribution in [3.8, 4) is 0 Å². The van der Waals surface area contributed by atoms with Crippen LogP contribution in [0.3, 0.4) is 0 Å². The molecule has 1 amide bonds. The van der Waals surface area contributed by atoms with Gasteiger partial charge >= 0.3 is 0 Å². The minimum atomic E-state index is -0.238. The van der Waals surface area contributed by atoms with Gasteiger partial charge in [-0.25, -0.2) is 0 Å². The van der Waals surface area contributed by atoms with Crippen molar-refractivity contribution in [1.29, 1.82) is 0 Å². The molecule has 5 aliphatic heterocycles. The minimum absolute atomic E-state index is 0.